The lowest BCUT2D eigenvalue weighted by Crippen LogP contribution is -2.53. The molecule has 1 aromatic heterocycles. The number of aromatic nitrogens is 2. The first kappa shape index (κ1) is 19.5. The number of hydrogen-bond acceptors (Lipinski definition) is 4. The smallest absolute Gasteiger partial charge is 0.254 e. The van der Waals surface area contributed by atoms with Gasteiger partial charge in [0.2, 0.25) is 0 Å². The third kappa shape index (κ3) is 3.28. The van der Waals surface area contributed by atoms with Gasteiger partial charge in [0, 0.05) is 37.1 Å². The molecule has 3 aromatic rings. The Balaban J connectivity index is 1.17. The van der Waals surface area contributed by atoms with Crippen LogP contribution in [0, 0.1) is 0 Å². The minimum atomic E-state index is -1.14. The van der Waals surface area contributed by atoms with Crippen LogP contribution >= 0.6 is 0 Å². The Bertz CT molecular complexity index is 1200. The summed E-state index contributed by atoms with van der Waals surface area (Å²) >= 11 is 0. The Labute approximate surface area is 186 Å². The molecule has 1 aliphatic heterocycles. The highest BCUT2D eigenvalue weighted by Gasteiger charge is 2.50. The van der Waals surface area contributed by atoms with Crippen LogP contribution in [0.1, 0.15) is 42.1 Å². The zero-order valence-corrected chi connectivity index (χ0v) is 17.9. The third-order valence-electron chi connectivity index (χ3n) is 6.95. The van der Waals surface area contributed by atoms with Crippen LogP contribution in [0.4, 0.5) is 0 Å². The van der Waals surface area contributed by atoms with Gasteiger partial charge in [0.05, 0.1) is 17.8 Å². The summed E-state index contributed by atoms with van der Waals surface area (Å²) in [5.41, 5.74) is 2.86. The molecular weight excluding hydrogens is 404 g/mol. The normalized spacial score (nSPS) is 19.9. The lowest BCUT2D eigenvalue weighted by atomic mass is 10.0. The van der Waals surface area contributed by atoms with Crippen LogP contribution < -0.4 is 0 Å². The van der Waals surface area contributed by atoms with E-state index in [9.17, 15) is 14.7 Å². The van der Waals surface area contributed by atoms with E-state index in [1.54, 1.807) is 9.80 Å². The van der Waals surface area contributed by atoms with Crippen LogP contribution in [-0.4, -0.2) is 68.3 Å². The van der Waals surface area contributed by atoms with E-state index in [0.29, 0.717) is 50.6 Å². The number of hydrogen-bond donors (Lipinski definition) is 1. The summed E-state index contributed by atoms with van der Waals surface area (Å²) < 4.78 is 2.13. The van der Waals surface area contributed by atoms with Crippen LogP contribution in [0.15, 0.2) is 48.7 Å². The van der Waals surface area contributed by atoms with Crippen LogP contribution in [0.25, 0.3) is 22.0 Å². The van der Waals surface area contributed by atoms with E-state index >= 15 is 0 Å². The molecule has 3 aliphatic rings. The van der Waals surface area contributed by atoms with Crippen molar-refractivity contribution < 1.29 is 14.7 Å². The maximum absolute atomic E-state index is 13.0. The molecule has 3 fully saturated rings. The van der Waals surface area contributed by atoms with E-state index in [2.05, 4.69) is 28.0 Å². The van der Waals surface area contributed by atoms with Gasteiger partial charge in [-0.15, -0.1) is 0 Å². The van der Waals surface area contributed by atoms with E-state index in [-0.39, 0.29) is 11.8 Å². The number of benzene rings is 2. The molecule has 1 saturated heterocycles. The highest BCUT2D eigenvalue weighted by atomic mass is 16.3. The largest absolute Gasteiger partial charge is 0.380 e. The average Bonchev–Trinajstić information content (AvgIpc) is 3.77. The topological polar surface area (TPSA) is 78.7 Å². The Kier molecular flexibility index (Phi) is 4.37. The molecular formula is C25H26N4O3. The van der Waals surface area contributed by atoms with Crippen molar-refractivity contribution in [2.75, 3.05) is 26.2 Å². The number of rotatable bonds is 4. The van der Waals surface area contributed by atoms with Gasteiger partial charge >= 0.3 is 0 Å². The molecule has 7 nitrogen and oxygen atoms in total. The van der Waals surface area contributed by atoms with Gasteiger partial charge in [-0.3, -0.25) is 14.3 Å². The monoisotopic (exact) mass is 430 g/mol. The summed E-state index contributed by atoms with van der Waals surface area (Å²) in [6, 6.07) is 14.6. The Morgan fingerprint density at radius 3 is 2.28 bits per heavy atom. The fourth-order valence-electron chi connectivity index (χ4n) is 4.65. The van der Waals surface area contributed by atoms with Gasteiger partial charge in [-0.25, -0.2) is 0 Å². The molecule has 7 heteroatoms. The molecule has 2 saturated carbocycles. The zero-order chi connectivity index (χ0) is 21.9. The standard InChI is InChI=1S/C25H26N4O3/c30-23(27-12-14-28(15-13-27)24(31)25(32)10-11-25)18-6-4-17(5-7-18)20-2-1-3-22-21(20)16-26-29(22)19-8-9-19/h1-7,16,19,32H,8-15H2. The molecule has 0 atom stereocenters. The van der Waals surface area contributed by atoms with E-state index in [0.717, 1.165) is 22.0 Å². The van der Waals surface area contributed by atoms with Crippen molar-refractivity contribution in [3.63, 3.8) is 0 Å². The summed E-state index contributed by atoms with van der Waals surface area (Å²) in [6.45, 7) is 1.92. The molecule has 2 amide bonds. The molecule has 2 aliphatic carbocycles. The molecule has 0 radical (unpaired) electrons. The van der Waals surface area contributed by atoms with Crippen LogP contribution in [-0.2, 0) is 4.79 Å². The van der Waals surface area contributed by atoms with Gasteiger partial charge in [0.25, 0.3) is 11.8 Å². The van der Waals surface area contributed by atoms with E-state index in [1.165, 1.54) is 12.8 Å². The first-order chi connectivity index (χ1) is 15.5. The number of amides is 2. The maximum Gasteiger partial charge on any atom is 0.254 e. The summed E-state index contributed by atoms with van der Waals surface area (Å²) in [7, 11) is 0. The van der Waals surface area contributed by atoms with Gasteiger partial charge in [0.15, 0.2) is 0 Å². The predicted molar refractivity (Wildman–Crippen MR) is 120 cm³/mol. The van der Waals surface area contributed by atoms with Crippen molar-refractivity contribution >= 4 is 22.7 Å². The summed E-state index contributed by atoms with van der Waals surface area (Å²) in [6.07, 6.45) is 5.43. The molecule has 32 heavy (non-hydrogen) atoms. The fraction of sp³-hybridized carbons (Fsp3) is 0.400. The first-order valence-electron chi connectivity index (χ1n) is 11.4. The van der Waals surface area contributed by atoms with Gasteiger partial charge in [-0.2, -0.15) is 5.10 Å². The summed E-state index contributed by atoms with van der Waals surface area (Å²) in [5.74, 6) is -0.207. The number of carbonyl (C=O) groups excluding carboxylic acids is 2. The number of nitrogens with zero attached hydrogens (tertiary/aromatic N) is 4. The van der Waals surface area contributed by atoms with Crippen LogP contribution in [0.5, 0.6) is 0 Å². The number of aliphatic hydroxyl groups is 1. The molecule has 1 N–H and O–H groups in total. The second kappa shape index (κ2) is 7.17. The van der Waals surface area contributed by atoms with Gasteiger partial charge in [0.1, 0.15) is 5.60 Å². The predicted octanol–water partition coefficient (Wildman–Crippen LogP) is 2.85. The quantitative estimate of drug-likeness (QED) is 0.690. The Morgan fingerprint density at radius 1 is 0.938 bits per heavy atom. The van der Waals surface area contributed by atoms with Gasteiger partial charge in [-0.05, 0) is 55.0 Å². The molecule has 2 aromatic carbocycles. The lowest BCUT2D eigenvalue weighted by molar-refractivity contribution is -0.143. The number of fused-ring (bicyclic) bond motifs is 1. The number of carbonyl (C=O) groups is 2. The number of piperazine rings is 1. The molecule has 6 rings (SSSR count). The molecule has 0 bridgehead atoms. The minimum Gasteiger partial charge on any atom is -0.380 e. The molecule has 0 unspecified atom stereocenters. The summed E-state index contributed by atoms with van der Waals surface area (Å²) in [5, 5.41) is 15.8. The zero-order valence-electron chi connectivity index (χ0n) is 17.9. The lowest BCUT2D eigenvalue weighted by Gasteiger charge is -2.35. The van der Waals surface area contributed by atoms with E-state index in [1.807, 2.05) is 30.5 Å². The van der Waals surface area contributed by atoms with Crippen molar-refractivity contribution in [1.82, 2.24) is 19.6 Å². The van der Waals surface area contributed by atoms with Crippen molar-refractivity contribution in [3.8, 4) is 11.1 Å². The SMILES string of the molecule is O=C(c1ccc(-c2cccc3c2cnn3C2CC2)cc1)N1CCN(C(=O)C2(O)CC2)CC1. The highest BCUT2D eigenvalue weighted by Crippen LogP contribution is 2.39. The Morgan fingerprint density at radius 2 is 1.62 bits per heavy atom. The van der Waals surface area contributed by atoms with Crippen molar-refractivity contribution in [2.24, 2.45) is 0 Å². The van der Waals surface area contributed by atoms with Crippen molar-refractivity contribution in [1.29, 1.82) is 0 Å². The van der Waals surface area contributed by atoms with Crippen molar-refractivity contribution in [3.05, 3.63) is 54.2 Å². The maximum atomic E-state index is 13.0. The molecule has 2 heterocycles. The highest BCUT2D eigenvalue weighted by molar-refractivity contribution is 5.97. The van der Waals surface area contributed by atoms with Crippen LogP contribution in [0.3, 0.4) is 0 Å². The van der Waals surface area contributed by atoms with Gasteiger partial charge < -0.3 is 14.9 Å². The van der Waals surface area contributed by atoms with Gasteiger partial charge in [-0.1, -0.05) is 24.3 Å². The van der Waals surface area contributed by atoms with E-state index < -0.39 is 5.60 Å². The summed E-state index contributed by atoms with van der Waals surface area (Å²) in [4.78, 5) is 28.8. The third-order valence-corrected chi connectivity index (χ3v) is 6.95. The fourth-order valence-corrected chi connectivity index (χ4v) is 4.65. The molecule has 0 spiro atoms. The second-order valence-electron chi connectivity index (χ2n) is 9.25. The van der Waals surface area contributed by atoms with Crippen molar-refractivity contribution in [2.45, 2.75) is 37.3 Å². The first-order valence-corrected chi connectivity index (χ1v) is 11.4. The average molecular weight is 431 g/mol. The second-order valence-corrected chi connectivity index (χ2v) is 9.25. The molecule has 164 valence electrons. The minimum absolute atomic E-state index is 0.0199. The van der Waals surface area contributed by atoms with Crippen LogP contribution in [0.2, 0.25) is 0 Å². The Hall–Kier alpha value is -3.19. The van der Waals surface area contributed by atoms with E-state index in [4.69, 9.17) is 0 Å².